The van der Waals surface area contributed by atoms with Crippen molar-refractivity contribution in [2.45, 2.75) is 6.04 Å². The molecule has 0 aliphatic carbocycles. The van der Waals surface area contributed by atoms with Crippen LogP contribution in [0.4, 0.5) is 5.69 Å². The summed E-state index contributed by atoms with van der Waals surface area (Å²) in [5.74, 6) is 0.112. The zero-order valence-electron chi connectivity index (χ0n) is 14.1. The summed E-state index contributed by atoms with van der Waals surface area (Å²) in [5.41, 5.74) is 2.64. The largest absolute Gasteiger partial charge is 0.505 e. The van der Waals surface area contributed by atoms with Crippen LogP contribution in [0.25, 0.3) is 10.9 Å². The predicted molar refractivity (Wildman–Crippen MR) is 110 cm³/mol. The Morgan fingerprint density at radius 2 is 1.74 bits per heavy atom. The van der Waals surface area contributed by atoms with Crippen LogP contribution in [-0.2, 0) is 0 Å². The number of nitrogens with one attached hydrogen (secondary N) is 1. The highest BCUT2D eigenvalue weighted by Crippen LogP contribution is 2.37. The second-order valence-corrected chi connectivity index (χ2v) is 6.88. The van der Waals surface area contributed by atoms with Gasteiger partial charge < -0.3 is 10.4 Å². The lowest BCUT2D eigenvalue weighted by atomic mass is 9.99. The van der Waals surface area contributed by atoms with Crippen LogP contribution in [0.1, 0.15) is 17.3 Å². The van der Waals surface area contributed by atoms with E-state index in [0.29, 0.717) is 26.8 Å². The molecule has 2 aromatic carbocycles. The molecule has 4 rings (SSSR count). The van der Waals surface area contributed by atoms with E-state index >= 15 is 0 Å². The van der Waals surface area contributed by atoms with Gasteiger partial charge in [0.1, 0.15) is 11.3 Å². The van der Waals surface area contributed by atoms with Crippen LogP contribution >= 0.6 is 23.2 Å². The molecule has 0 saturated carbocycles. The fourth-order valence-corrected chi connectivity index (χ4v) is 3.46. The van der Waals surface area contributed by atoms with Gasteiger partial charge in [-0.15, -0.1) is 0 Å². The molecule has 1 atom stereocenters. The van der Waals surface area contributed by atoms with E-state index in [1.165, 1.54) is 0 Å². The van der Waals surface area contributed by atoms with Gasteiger partial charge in [-0.25, -0.2) is 0 Å². The molecular formula is C21H15Cl2N3O. The van der Waals surface area contributed by atoms with Gasteiger partial charge in [-0.2, -0.15) is 0 Å². The normalized spacial score (nSPS) is 12.1. The molecule has 0 aliphatic heterocycles. The number of aromatic hydroxyl groups is 1. The molecule has 2 aromatic heterocycles. The standard InChI is InChI=1S/C21H15Cl2N3O/c22-14-7-9-17(16(23)12-14)26-20(18-5-1-2-10-24-18)15-8-6-13-4-3-11-25-19(13)21(15)27/h1-12,20,26-27H. The van der Waals surface area contributed by atoms with Crippen molar-refractivity contribution in [2.24, 2.45) is 0 Å². The third kappa shape index (κ3) is 3.54. The Labute approximate surface area is 166 Å². The predicted octanol–water partition coefficient (Wildman–Crippen LogP) is 5.84. The molecule has 27 heavy (non-hydrogen) atoms. The summed E-state index contributed by atoms with van der Waals surface area (Å²) >= 11 is 12.3. The minimum atomic E-state index is -0.420. The number of fused-ring (bicyclic) bond motifs is 1. The van der Waals surface area contributed by atoms with Gasteiger partial charge >= 0.3 is 0 Å². The number of aromatic nitrogens is 2. The van der Waals surface area contributed by atoms with Gasteiger partial charge in [0.2, 0.25) is 0 Å². The van der Waals surface area contributed by atoms with Gasteiger partial charge in [0.05, 0.1) is 22.4 Å². The maximum atomic E-state index is 10.9. The first-order valence-electron chi connectivity index (χ1n) is 8.32. The van der Waals surface area contributed by atoms with E-state index in [0.717, 1.165) is 11.1 Å². The zero-order valence-corrected chi connectivity index (χ0v) is 15.6. The second-order valence-electron chi connectivity index (χ2n) is 6.03. The van der Waals surface area contributed by atoms with Crippen LogP contribution in [0.2, 0.25) is 10.0 Å². The van der Waals surface area contributed by atoms with Gasteiger partial charge in [-0.05, 0) is 36.4 Å². The van der Waals surface area contributed by atoms with Crippen LogP contribution in [0.3, 0.4) is 0 Å². The van der Waals surface area contributed by atoms with E-state index in [9.17, 15) is 5.11 Å². The molecule has 1 unspecified atom stereocenters. The molecule has 0 amide bonds. The molecule has 0 bridgehead atoms. The molecule has 4 aromatic rings. The van der Waals surface area contributed by atoms with Crippen LogP contribution in [0, 0.1) is 0 Å². The van der Waals surface area contributed by atoms with Crippen molar-refractivity contribution in [3.63, 3.8) is 0 Å². The molecule has 0 aliphatic rings. The first kappa shape index (κ1) is 17.6. The lowest BCUT2D eigenvalue weighted by Crippen LogP contribution is -2.14. The number of pyridine rings is 2. The Kier molecular flexibility index (Phi) is 4.84. The molecule has 0 radical (unpaired) electrons. The Morgan fingerprint density at radius 1 is 0.889 bits per heavy atom. The van der Waals surface area contributed by atoms with Gasteiger partial charge in [0, 0.05) is 28.4 Å². The molecule has 2 heterocycles. The monoisotopic (exact) mass is 395 g/mol. The van der Waals surface area contributed by atoms with Crippen LogP contribution in [0.15, 0.2) is 73.1 Å². The van der Waals surface area contributed by atoms with Crippen molar-refractivity contribution in [3.05, 3.63) is 94.4 Å². The number of phenolic OH excluding ortho intramolecular Hbond substituents is 1. The third-order valence-corrected chi connectivity index (χ3v) is 4.85. The van der Waals surface area contributed by atoms with E-state index < -0.39 is 6.04 Å². The number of benzene rings is 2. The minimum Gasteiger partial charge on any atom is -0.505 e. The van der Waals surface area contributed by atoms with Crippen LogP contribution in [0.5, 0.6) is 5.75 Å². The molecule has 6 heteroatoms. The number of halogens is 2. The zero-order chi connectivity index (χ0) is 18.8. The summed E-state index contributed by atoms with van der Waals surface area (Å²) in [5, 5.41) is 16.2. The quantitative estimate of drug-likeness (QED) is 0.455. The molecule has 0 saturated heterocycles. The van der Waals surface area contributed by atoms with Gasteiger partial charge in [0.25, 0.3) is 0 Å². The van der Waals surface area contributed by atoms with Crippen molar-refractivity contribution in [1.82, 2.24) is 9.97 Å². The van der Waals surface area contributed by atoms with E-state index in [4.69, 9.17) is 23.2 Å². The average molecular weight is 396 g/mol. The SMILES string of the molecule is Oc1c(C(Nc2ccc(Cl)cc2Cl)c2ccccn2)ccc2cccnc12. The van der Waals surface area contributed by atoms with Crippen LogP contribution < -0.4 is 5.32 Å². The number of nitrogens with zero attached hydrogens (tertiary/aromatic N) is 2. The molecule has 0 spiro atoms. The molecule has 134 valence electrons. The number of hydrogen-bond donors (Lipinski definition) is 2. The summed E-state index contributed by atoms with van der Waals surface area (Å²) in [6, 6.07) is 18.0. The third-order valence-electron chi connectivity index (χ3n) is 4.30. The Bertz CT molecular complexity index is 1100. The lowest BCUT2D eigenvalue weighted by Gasteiger charge is -2.22. The van der Waals surface area contributed by atoms with Crippen molar-refractivity contribution >= 4 is 39.8 Å². The van der Waals surface area contributed by atoms with Crippen molar-refractivity contribution in [1.29, 1.82) is 0 Å². The number of phenols is 1. The van der Waals surface area contributed by atoms with E-state index in [1.54, 1.807) is 30.6 Å². The summed E-state index contributed by atoms with van der Waals surface area (Å²) in [4.78, 5) is 8.77. The number of rotatable bonds is 4. The highest BCUT2D eigenvalue weighted by molar-refractivity contribution is 6.36. The maximum Gasteiger partial charge on any atom is 0.147 e. The summed E-state index contributed by atoms with van der Waals surface area (Å²) in [6.45, 7) is 0. The lowest BCUT2D eigenvalue weighted by molar-refractivity contribution is 0.471. The van der Waals surface area contributed by atoms with Crippen molar-refractivity contribution in [2.75, 3.05) is 5.32 Å². The fourth-order valence-electron chi connectivity index (χ4n) is 3.00. The molecule has 0 fully saturated rings. The van der Waals surface area contributed by atoms with Gasteiger partial charge in [-0.3, -0.25) is 9.97 Å². The first-order valence-corrected chi connectivity index (χ1v) is 9.08. The Morgan fingerprint density at radius 3 is 2.52 bits per heavy atom. The smallest absolute Gasteiger partial charge is 0.147 e. The van der Waals surface area contributed by atoms with Crippen LogP contribution in [-0.4, -0.2) is 15.1 Å². The second kappa shape index (κ2) is 7.43. The maximum absolute atomic E-state index is 10.9. The summed E-state index contributed by atoms with van der Waals surface area (Å²) < 4.78 is 0. The average Bonchev–Trinajstić information content (AvgIpc) is 2.69. The van der Waals surface area contributed by atoms with Gasteiger partial charge in [-0.1, -0.05) is 47.5 Å². The van der Waals surface area contributed by atoms with E-state index in [1.807, 2.05) is 42.5 Å². The van der Waals surface area contributed by atoms with E-state index in [2.05, 4.69) is 15.3 Å². The highest BCUT2D eigenvalue weighted by Gasteiger charge is 2.21. The van der Waals surface area contributed by atoms with Gasteiger partial charge in [0.15, 0.2) is 0 Å². The topological polar surface area (TPSA) is 58.0 Å². The van der Waals surface area contributed by atoms with Crippen molar-refractivity contribution in [3.8, 4) is 5.75 Å². The highest BCUT2D eigenvalue weighted by atomic mass is 35.5. The van der Waals surface area contributed by atoms with E-state index in [-0.39, 0.29) is 5.75 Å². The molecular weight excluding hydrogens is 381 g/mol. The molecule has 4 nitrogen and oxygen atoms in total. The van der Waals surface area contributed by atoms with Crippen molar-refractivity contribution < 1.29 is 5.11 Å². The Hall–Kier alpha value is -2.82. The number of hydrogen-bond acceptors (Lipinski definition) is 4. The minimum absolute atomic E-state index is 0.112. The summed E-state index contributed by atoms with van der Waals surface area (Å²) in [7, 11) is 0. The molecule has 2 N–H and O–H groups in total. The number of anilines is 1. The Balaban J connectivity index is 1.85. The first-order chi connectivity index (χ1) is 13.1. The fraction of sp³-hybridized carbons (Fsp3) is 0.0476. The summed E-state index contributed by atoms with van der Waals surface area (Å²) in [6.07, 6.45) is 3.37.